The second-order valence-electron chi connectivity index (χ2n) is 10.2. The van der Waals surface area contributed by atoms with E-state index in [1.165, 1.54) is 5.56 Å². The molecule has 1 unspecified atom stereocenters. The first-order valence-corrected chi connectivity index (χ1v) is 12.3. The molecule has 0 aliphatic carbocycles. The highest BCUT2D eigenvalue weighted by atomic mass is 35.5. The Kier molecular flexibility index (Phi) is 8.68. The summed E-state index contributed by atoms with van der Waals surface area (Å²) in [4.78, 5) is 19.9. The number of amides is 1. The van der Waals surface area contributed by atoms with E-state index in [0.717, 1.165) is 45.0 Å². The molecule has 0 spiro atoms. The van der Waals surface area contributed by atoms with E-state index in [4.69, 9.17) is 23.2 Å². The van der Waals surface area contributed by atoms with Crippen LogP contribution in [-0.4, -0.2) is 68.6 Å². The molecule has 5 nitrogen and oxygen atoms in total. The van der Waals surface area contributed by atoms with E-state index in [0.29, 0.717) is 15.6 Å². The maximum absolute atomic E-state index is 13.0. The normalized spacial score (nSPS) is 16.5. The summed E-state index contributed by atoms with van der Waals surface area (Å²) in [5, 5.41) is 4.49. The SMILES string of the molecule is CN(C)c1ccc(C(=O)NC(CN2CCN(Cc3ccc(Cl)c(Cl)c3)CC2)C(C)(C)C)cc1. The highest BCUT2D eigenvalue weighted by molar-refractivity contribution is 6.42. The van der Waals surface area contributed by atoms with Gasteiger partial charge in [0.1, 0.15) is 0 Å². The lowest BCUT2D eigenvalue weighted by Gasteiger charge is -2.40. The Bertz CT molecular complexity index is 932. The number of hydrogen-bond acceptors (Lipinski definition) is 4. The van der Waals surface area contributed by atoms with E-state index >= 15 is 0 Å². The Morgan fingerprint density at radius 2 is 1.58 bits per heavy atom. The van der Waals surface area contributed by atoms with Crippen molar-refractivity contribution < 1.29 is 4.79 Å². The summed E-state index contributed by atoms with van der Waals surface area (Å²) < 4.78 is 0. The standard InChI is InChI=1S/C26H36Cl2N4O/c1-26(2,3)24(29-25(33)20-7-9-21(10-8-20)30(4)5)18-32-14-12-31(13-15-32)17-19-6-11-22(27)23(28)16-19/h6-11,16,24H,12-15,17-18H2,1-5H3,(H,29,33). The molecule has 1 atom stereocenters. The van der Waals surface area contributed by atoms with Crippen LogP contribution in [0.15, 0.2) is 42.5 Å². The molecule has 0 aromatic heterocycles. The number of hydrogen-bond donors (Lipinski definition) is 1. The topological polar surface area (TPSA) is 38.8 Å². The zero-order chi connectivity index (χ0) is 24.2. The third-order valence-electron chi connectivity index (χ3n) is 6.29. The lowest BCUT2D eigenvalue weighted by Crippen LogP contribution is -2.54. The molecule has 0 radical (unpaired) electrons. The number of carbonyl (C=O) groups is 1. The Morgan fingerprint density at radius 1 is 0.970 bits per heavy atom. The summed E-state index contributed by atoms with van der Waals surface area (Å²) in [6.45, 7) is 12.2. The number of carbonyl (C=O) groups excluding carboxylic acids is 1. The third kappa shape index (κ3) is 7.35. The molecule has 1 fully saturated rings. The van der Waals surface area contributed by atoms with Crippen LogP contribution in [0.4, 0.5) is 5.69 Å². The zero-order valence-corrected chi connectivity index (χ0v) is 21.9. The van der Waals surface area contributed by atoms with Gasteiger partial charge in [-0.05, 0) is 47.4 Å². The third-order valence-corrected chi connectivity index (χ3v) is 7.03. The molecule has 1 heterocycles. The van der Waals surface area contributed by atoms with Crippen LogP contribution in [0.25, 0.3) is 0 Å². The number of piperazine rings is 1. The summed E-state index contributed by atoms with van der Waals surface area (Å²) >= 11 is 12.2. The van der Waals surface area contributed by atoms with Gasteiger partial charge in [0.2, 0.25) is 0 Å². The van der Waals surface area contributed by atoms with Crippen molar-refractivity contribution in [2.75, 3.05) is 51.7 Å². The number of rotatable bonds is 7. The first-order valence-electron chi connectivity index (χ1n) is 11.5. The molecule has 2 aromatic carbocycles. The van der Waals surface area contributed by atoms with Crippen LogP contribution >= 0.6 is 23.2 Å². The lowest BCUT2D eigenvalue weighted by atomic mass is 9.86. The number of anilines is 1. The van der Waals surface area contributed by atoms with E-state index in [-0.39, 0.29) is 17.4 Å². The van der Waals surface area contributed by atoms with Crippen LogP contribution in [0.3, 0.4) is 0 Å². The van der Waals surface area contributed by atoms with Gasteiger partial charge < -0.3 is 10.2 Å². The minimum Gasteiger partial charge on any atom is -0.378 e. The average molecular weight is 492 g/mol. The van der Waals surface area contributed by atoms with Gasteiger partial charge in [-0.25, -0.2) is 0 Å². The molecule has 1 N–H and O–H groups in total. The van der Waals surface area contributed by atoms with Crippen molar-refractivity contribution in [1.82, 2.24) is 15.1 Å². The molecule has 2 aromatic rings. The van der Waals surface area contributed by atoms with E-state index in [2.05, 4.69) is 35.9 Å². The van der Waals surface area contributed by atoms with E-state index < -0.39 is 0 Å². The Hall–Kier alpha value is -1.79. The summed E-state index contributed by atoms with van der Waals surface area (Å²) in [6, 6.07) is 13.7. The molecule has 33 heavy (non-hydrogen) atoms. The minimum absolute atomic E-state index is 0.0153. The van der Waals surface area contributed by atoms with Gasteiger partial charge in [0.15, 0.2) is 0 Å². The Balaban J connectivity index is 1.55. The van der Waals surface area contributed by atoms with Crippen molar-refractivity contribution in [3.8, 4) is 0 Å². The highest BCUT2D eigenvalue weighted by Crippen LogP contribution is 2.24. The molecule has 1 aliphatic rings. The number of halogens is 2. The molecule has 1 amide bonds. The van der Waals surface area contributed by atoms with Crippen molar-refractivity contribution in [2.24, 2.45) is 5.41 Å². The smallest absolute Gasteiger partial charge is 0.251 e. The molecule has 7 heteroatoms. The van der Waals surface area contributed by atoms with Gasteiger partial charge in [-0.3, -0.25) is 14.6 Å². The molecule has 3 rings (SSSR count). The fraction of sp³-hybridized carbons (Fsp3) is 0.500. The average Bonchev–Trinajstić information content (AvgIpc) is 2.76. The van der Waals surface area contributed by atoms with E-state index in [9.17, 15) is 4.79 Å². The predicted octanol–water partition coefficient (Wildman–Crippen LogP) is 5.02. The zero-order valence-electron chi connectivity index (χ0n) is 20.4. The molecule has 1 aliphatic heterocycles. The van der Waals surface area contributed by atoms with Crippen molar-refractivity contribution in [3.05, 3.63) is 63.6 Å². The number of benzene rings is 2. The molecular weight excluding hydrogens is 455 g/mol. The van der Waals surface area contributed by atoms with Gasteiger partial charge in [0.05, 0.1) is 10.0 Å². The Labute approximate surface area is 208 Å². The van der Waals surface area contributed by atoms with Crippen LogP contribution < -0.4 is 10.2 Å². The minimum atomic E-state index is -0.0452. The molecule has 180 valence electrons. The quantitative estimate of drug-likeness (QED) is 0.590. The largest absolute Gasteiger partial charge is 0.378 e. The number of nitrogens with one attached hydrogen (secondary N) is 1. The fourth-order valence-corrected chi connectivity index (χ4v) is 4.29. The first kappa shape index (κ1) is 25.8. The maximum atomic E-state index is 13.0. The number of nitrogens with zero attached hydrogens (tertiary/aromatic N) is 3. The fourth-order valence-electron chi connectivity index (χ4n) is 3.97. The Morgan fingerprint density at radius 3 is 2.12 bits per heavy atom. The van der Waals surface area contributed by atoms with Crippen LogP contribution in [0.2, 0.25) is 10.0 Å². The van der Waals surface area contributed by atoms with Gasteiger partial charge in [-0.1, -0.05) is 50.0 Å². The van der Waals surface area contributed by atoms with Crippen molar-refractivity contribution in [1.29, 1.82) is 0 Å². The van der Waals surface area contributed by atoms with E-state index in [1.54, 1.807) is 0 Å². The van der Waals surface area contributed by atoms with Gasteiger partial charge in [0.25, 0.3) is 5.91 Å². The highest BCUT2D eigenvalue weighted by Gasteiger charge is 2.30. The van der Waals surface area contributed by atoms with Crippen molar-refractivity contribution >= 4 is 34.8 Å². The predicted molar refractivity (Wildman–Crippen MR) is 140 cm³/mol. The van der Waals surface area contributed by atoms with Crippen molar-refractivity contribution in [2.45, 2.75) is 33.4 Å². The van der Waals surface area contributed by atoms with Crippen molar-refractivity contribution in [3.63, 3.8) is 0 Å². The summed E-state index contributed by atoms with van der Waals surface area (Å²) in [5.41, 5.74) is 2.91. The van der Waals surface area contributed by atoms with E-state index in [1.807, 2.05) is 61.5 Å². The summed E-state index contributed by atoms with van der Waals surface area (Å²) in [7, 11) is 3.99. The van der Waals surface area contributed by atoms with Gasteiger partial charge in [0, 0.05) is 70.7 Å². The lowest BCUT2D eigenvalue weighted by molar-refractivity contribution is 0.0790. The summed E-state index contributed by atoms with van der Waals surface area (Å²) in [6.07, 6.45) is 0. The molecule has 1 saturated heterocycles. The van der Waals surface area contributed by atoms with Crippen LogP contribution in [0.5, 0.6) is 0 Å². The van der Waals surface area contributed by atoms with Crippen LogP contribution in [0, 0.1) is 5.41 Å². The monoisotopic (exact) mass is 490 g/mol. The second-order valence-corrected chi connectivity index (χ2v) is 11.0. The van der Waals surface area contributed by atoms with Crippen LogP contribution in [-0.2, 0) is 6.54 Å². The van der Waals surface area contributed by atoms with Gasteiger partial charge >= 0.3 is 0 Å². The maximum Gasteiger partial charge on any atom is 0.251 e. The second kappa shape index (κ2) is 11.1. The summed E-state index contributed by atoms with van der Waals surface area (Å²) in [5.74, 6) is -0.0153. The molecular formula is C26H36Cl2N4O. The molecule has 0 bridgehead atoms. The van der Waals surface area contributed by atoms with Gasteiger partial charge in [-0.15, -0.1) is 0 Å². The van der Waals surface area contributed by atoms with Crippen LogP contribution in [0.1, 0.15) is 36.7 Å². The molecule has 0 saturated carbocycles. The van der Waals surface area contributed by atoms with Gasteiger partial charge in [-0.2, -0.15) is 0 Å². The first-order chi connectivity index (χ1) is 15.5.